The van der Waals surface area contributed by atoms with Crippen LogP contribution in [-0.2, 0) is 6.54 Å². The van der Waals surface area contributed by atoms with Gasteiger partial charge in [0.1, 0.15) is 0 Å². The van der Waals surface area contributed by atoms with Crippen molar-refractivity contribution in [1.82, 2.24) is 20.8 Å². The number of aromatic nitrogens is 2. The third-order valence-electron chi connectivity index (χ3n) is 3.55. The van der Waals surface area contributed by atoms with E-state index >= 15 is 0 Å². The monoisotopic (exact) mass is 278 g/mol. The van der Waals surface area contributed by atoms with Crippen molar-refractivity contribution < 1.29 is 5.11 Å². The van der Waals surface area contributed by atoms with E-state index in [0.717, 1.165) is 25.3 Å². The maximum Gasteiger partial charge on any atom is 0.0716 e. The molecule has 1 fully saturated rings. The molecule has 0 amide bonds. The third-order valence-corrected chi connectivity index (χ3v) is 4.24. The van der Waals surface area contributed by atoms with Crippen LogP contribution in [0.15, 0.2) is 23.0 Å². The number of aromatic amines is 1. The lowest BCUT2D eigenvalue weighted by atomic mass is 10.1. The van der Waals surface area contributed by atoms with Gasteiger partial charge in [-0.1, -0.05) is 0 Å². The van der Waals surface area contributed by atoms with Crippen LogP contribution < -0.4 is 10.6 Å². The minimum absolute atomic E-state index is 0.229. The second-order valence-corrected chi connectivity index (χ2v) is 5.68. The summed E-state index contributed by atoms with van der Waals surface area (Å²) in [5, 5.41) is 27.7. The maximum absolute atomic E-state index is 9.73. The highest BCUT2D eigenvalue weighted by Crippen LogP contribution is 2.23. The van der Waals surface area contributed by atoms with Crippen LogP contribution in [0, 0.1) is 5.92 Å². The Bertz CT molecular complexity index is 510. The number of thiophene rings is 1. The van der Waals surface area contributed by atoms with E-state index < -0.39 is 0 Å². The molecule has 6 heteroatoms. The Morgan fingerprint density at radius 3 is 3.16 bits per heavy atom. The van der Waals surface area contributed by atoms with Crippen LogP contribution >= 0.6 is 11.3 Å². The number of nitrogens with one attached hydrogen (secondary N) is 3. The zero-order valence-electron chi connectivity index (χ0n) is 10.6. The molecule has 0 aliphatic carbocycles. The topological polar surface area (TPSA) is 73.0 Å². The molecule has 3 rings (SSSR count). The number of hydrogen-bond acceptors (Lipinski definition) is 5. The first-order valence-electron chi connectivity index (χ1n) is 6.49. The van der Waals surface area contributed by atoms with Gasteiger partial charge < -0.3 is 15.7 Å². The Morgan fingerprint density at radius 1 is 1.47 bits per heavy atom. The summed E-state index contributed by atoms with van der Waals surface area (Å²) in [6, 6.07) is 2.09. The molecule has 2 aromatic heterocycles. The van der Waals surface area contributed by atoms with Gasteiger partial charge >= 0.3 is 0 Å². The molecular weight excluding hydrogens is 260 g/mol. The quantitative estimate of drug-likeness (QED) is 0.653. The van der Waals surface area contributed by atoms with Gasteiger partial charge in [0.2, 0.25) is 0 Å². The van der Waals surface area contributed by atoms with Crippen molar-refractivity contribution in [2.45, 2.75) is 12.6 Å². The van der Waals surface area contributed by atoms with Gasteiger partial charge in [-0.25, -0.2) is 0 Å². The summed E-state index contributed by atoms with van der Waals surface area (Å²) in [5.41, 5.74) is 3.43. The van der Waals surface area contributed by atoms with E-state index in [0.29, 0.717) is 12.5 Å². The van der Waals surface area contributed by atoms with E-state index in [4.69, 9.17) is 0 Å². The van der Waals surface area contributed by atoms with Gasteiger partial charge in [-0.3, -0.25) is 5.10 Å². The fraction of sp³-hybridized carbons (Fsp3) is 0.462. The summed E-state index contributed by atoms with van der Waals surface area (Å²) < 4.78 is 0. The first kappa shape index (κ1) is 12.8. The molecule has 1 aliphatic rings. The first-order valence-corrected chi connectivity index (χ1v) is 7.43. The number of aliphatic hydroxyl groups is 1. The molecule has 1 aliphatic heterocycles. The van der Waals surface area contributed by atoms with Crippen LogP contribution in [0.25, 0.3) is 11.3 Å². The highest BCUT2D eigenvalue weighted by molar-refractivity contribution is 7.08. The summed E-state index contributed by atoms with van der Waals surface area (Å²) >= 11 is 1.68. The van der Waals surface area contributed by atoms with Gasteiger partial charge in [-0.05, 0) is 11.4 Å². The average molecular weight is 278 g/mol. The second-order valence-electron chi connectivity index (χ2n) is 4.90. The van der Waals surface area contributed by atoms with Crippen molar-refractivity contribution >= 4 is 11.3 Å². The Labute approximate surface area is 116 Å². The van der Waals surface area contributed by atoms with Crippen molar-refractivity contribution in [3.63, 3.8) is 0 Å². The lowest BCUT2D eigenvalue weighted by Gasteiger charge is -2.13. The number of β-amino-alcohol motifs (C(OH)–C–C–N with tert-alkyl or cyclic N) is 1. The van der Waals surface area contributed by atoms with Crippen LogP contribution in [0.1, 0.15) is 5.56 Å². The van der Waals surface area contributed by atoms with Crippen LogP contribution in [0.4, 0.5) is 0 Å². The van der Waals surface area contributed by atoms with Gasteiger partial charge in [0.05, 0.1) is 18.0 Å². The fourth-order valence-electron chi connectivity index (χ4n) is 2.42. The Balaban J connectivity index is 1.57. The van der Waals surface area contributed by atoms with Crippen molar-refractivity contribution in [3.8, 4) is 11.3 Å². The van der Waals surface area contributed by atoms with Crippen LogP contribution in [-0.4, -0.2) is 41.0 Å². The Morgan fingerprint density at radius 2 is 2.42 bits per heavy atom. The van der Waals surface area contributed by atoms with Gasteiger partial charge in [-0.15, -0.1) is 0 Å². The predicted octanol–water partition coefficient (Wildman–Crippen LogP) is 0.808. The molecule has 102 valence electrons. The van der Waals surface area contributed by atoms with E-state index in [9.17, 15) is 5.11 Å². The van der Waals surface area contributed by atoms with E-state index in [1.54, 1.807) is 11.3 Å². The molecule has 0 aromatic carbocycles. The second kappa shape index (κ2) is 5.83. The van der Waals surface area contributed by atoms with Gasteiger partial charge in [0.25, 0.3) is 0 Å². The summed E-state index contributed by atoms with van der Waals surface area (Å²) in [4.78, 5) is 0. The van der Waals surface area contributed by atoms with Gasteiger partial charge in [-0.2, -0.15) is 16.4 Å². The average Bonchev–Trinajstić information content (AvgIpc) is 3.11. The largest absolute Gasteiger partial charge is 0.391 e. The third kappa shape index (κ3) is 2.87. The molecule has 4 N–H and O–H groups in total. The highest BCUT2D eigenvalue weighted by atomic mass is 32.1. The smallest absolute Gasteiger partial charge is 0.0716 e. The number of rotatable bonds is 5. The molecule has 5 nitrogen and oxygen atoms in total. The molecule has 0 spiro atoms. The number of aliphatic hydroxyl groups excluding tert-OH is 1. The number of hydrogen-bond donors (Lipinski definition) is 4. The number of H-pyrrole nitrogens is 1. The Hall–Kier alpha value is -1.21. The van der Waals surface area contributed by atoms with E-state index in [1.807, 2.05) is 6.20 Å². The van der Waals surface area contributed by atoms with Crippen molar-refractivity contribution in [1.29, 1.82) is 0 Å². The van der Waals surface area contributed by atoms with E-state index in [-0.39, 0.29) is 6.10 Å². The molecule has 1 saturated heterocycles. The number of nitrogens with zero attached hydrogens (tertiary/aromatic N) is 1. The molecule has 2 unspecified atom stereocenters. The molecule has 2 atom stereocenters. The standard InChI is InChI=1S/C13H18N4OS/c18-12-7-15-4-10(12)3-14-5-11-6-16-17-13(11)9-1-2-19-8-9/h1-2,6,8,10,12,14-15,18H,3-5,7H2,(H,16,17). The Kier molecular flexibility index (Phi) is 3.93. The molecule has 0 saturated carbocycles. The molecule has 0 radical (unpaired) electrons. The van der Waals surface area contributed by atoms with Gasteiger partial charge in [0, 0.05) is 48.6 Å². The molecule has 2 aromatic rings. The lowest BCUT2D eigenvalue weighted by molar-refractivity contribution is 0.146. The predicted molar refractivity (Wildman–Crippen MR) is 76.0 cm³/mol. The van der Waals surface area contributed by atoms with Crippen LogP contribution in [0.2, 0.25) is 0 Å². The van der Waals surface area contributed by atoms with E-state index in [1.165, 1.54) is 11.1 Å². The minimum Gasteiger partial charge on any atom is -0.391 e. The maximum atomic E-state index is 9.73. The SMILES string of the molecule is OC1CNCC1CNCc1cn[nH]c1-c1ccsc1. The molecule has 0 bridgehead atoms. The summed E-state index contributed by atoms with van der Waals surface area (Å²) in [5.74, 6) is 0.302. The van der Waals surface area contributed by atoms with Crippen molar-refractivity contribution in [3.05, 3.63) is 28.6 Å². The van der Waals surface area contributed by atoms with Crippen molar-refractivity contribution in [2.75, 3.05) is 19.6 Å². The molecule has 3 heterocycles. The molecule has 19 heavy (non-hydrogen) atoms. The fourth-order valence-corrected chi connectivity index (χ4v) is 3.07. The van der Waals surface area contributed by atoms with E-state index in [2.05, 4.69) is 37.7 Å². The zero-order valence-corrected chi connectivity index (χ0v) is 11.4. The lowest BCUT2D eigenvalue weighted by Crippen LogP contribution is -2.30. The highest BCUT2D eigenvalue weighted by Gasteiger charge is 2.24. The summed E-state index contributed by atoms with van der Waals surface area (Å²) in [7, 11) is 0. The summed E-state index contributed by atoms with van der Waals surface area (Å²) in [6.45, 7) is 3.18. The molecular formula is C13H18N4OS. The first-order chi connectivity index (χ1) is 9.34. The normalized spacial score (nSPS) is 23.0. The summed E-state index contributed by atoms with van der Waals surface area (Å²) in [6.07, 6.45) is 1.64. The van der Waals surface area contributed by atoms with Crippen molar-refractivity contribution in [2.24, 2.45) is 5.92 Å². The van der Waals surface area contributed by atoms with Crippen LogP contribution in [0.3, 0.4) is 0 Å². The zero-order chi connectivity index (χ0) is 13.1. The van der Waals surface area contributed by atoms with Gasteiger partial charge in [0.15, 0.2) is 0 Å². The van der Waals surface area contributed by atoms with Crippen LogP contribution in [0.5, 0.6) is 0 Å². The minimum atomic E-state index is -0.229.